The van der Waals surface area contributed by atoms with Crippen molar-refractivity contribution >= 4 is 11.3 Å². The summed E-state index contributed by atoms with van der Waals surface area (Å²) in [4.78, 5) is 5.77. The van der Waals surface area contributed by atoms with Gasteiger partial charge in [-0.1, -0.05) is 26.7 Å². The van der Waals surface area contributed by atoms with Gasteiger partial charge in [0, 0.05) is 17.6 Å². The Bertz CT molecular complexity index is 327. The molecule has 1 aliphatic rings. The zero-order chi connectivity index (χ0) is 12.1. The Kier molecular flexibility index (Phi) is 4.99. The number of rotatable bonds is 5. The van der Waals surface area contributed by atoms with Crippen LogP contribution in [0.5, 0.6) is 0 Å². The summed E-state index contributed by atoms with van der Waals surface area (Å²) in [5, 5.41) is 4.85. The lowest BCUT2D eigenvalue weighted by Crippen LogP contribution is -2.25. The average molecular weight is 252 g/mol. The van der Waals surface area contributed by atoms with Crippen molar-refractivity contribution < 1.29 is 0 Å². The van der Waals surface area contributed by atoms with E-state index < -0.39 is 0 Å². The molecule has 0 saturated heterocycles. The Morgan fingerprint density at radius 2 is 2.12 bits per heavy atom. The number of hydrogen-bond acceptors (Lipinski definition) is 3. The van der Waals surface area contributed by atoms with Crippen LogP contribution in [0.25, 0.3) is 0 Å². The van der Waals surface area contributed by atoms with Crippen molar-refractivity contribution in [2.24, 2.45) is 11.8 Å². The van der Waals surface area contributed by atoms with Crippen LogP contribution in [0, 0.1) is 11.8 Å². The Morgan fingerprint density at radius 1 is 1.35 bits per heavy atom. The van der Waals surface area contributed by atoms with Gasteiger partial charge < -0.3 is 5.32 Å². The lowest BCUT2D eigenvalue weighted by Gasteiger charge is -2.26. The normalized spacial score (nSPS) is 25.1. The number of aryl methyl sites for hydroxylation is 1. The van der Waals surface area contributed by atoms with Crippen molar-refractivity contribution in [2.45, 2.75) is 52.5 Å². The third-order valence-corrected chi connectivity index (χ3v) is 4.91. The molecule has 17 heavy (non-hydrogen) atoms. The molecule has 1 N–H and O–H groups in total. The number of nitrogens with one attached hydrogen (secondary N) is 1. The Balaban J connectivity index is 1.65. The molecule has 0 amide bonds. The van der Waals surface area contributed by atoms with Gasteiger partial charge in [0.2, 0.25) is 0 Å². The third-order valence-electron chi connectivity index (χ3n) is 3.77. The van der Waals surface area contributed by atoms with E-state index in [1.807, 2.05) is 17.5 Å². The molecule has 2 rings (SSSR count). The van der Waals surface area contributed by atoms with Gasteiger partial charge >= 0.3 is 0 Å². The Morgan fingerprint density at radius 3 is 2.76 bits per heavy atom. The van der Waals surface area contributed by atoms with E-state index in [9.17, 15) is 0 Å². The van der Waals surface area contributed by atoms with E-state index in [-0.39, 0.29) is 0 Å². The van der Waals surface area contributed by atoms with Crippen LogP contribution in [0.2, 0.25) is 0 Å². The van der Waals surface area contributed by atoms with E-state index >= 15 is 0 Å². The highest BCUT2D eigenvalue weighted by molar-refractivity contribution is 7.11. The maximum Gasteiger partial charge on any atom is 0.0925 e. The van der Waals surface area contributed by atoms with E-state index in [2.05, 4.69) is 24.1 Å². The molecule has 0 bridgehead atoms. The number of hydrogen-bond donors (Lipinski definition) is 1. The zero-order valence-electron chi connectivity index (χ0n) is 11.0. The molecule has 0 unspecified atom stereocenters. The second-order valence-corrected chi connectivity index (χ2v) is 6.53. The van der Waals surface area contributed by atoms with Crippen molar-refractivity contribution in [1.29, 1.82) is 0 Å². The summed E-state index contributed by atoms with van der Waals surface area (Å²) in [6, 6.07) is 0. The highest BCUT2D eigenvalue weighted by Gasteiger charge is 2.17. The molecule has 0 radical (unpaired) electrons. The maximum absolute atomic E-state index is 4.39. The fourth-order valence-electron chi connectivity index (χ4n) is 2.53. The fourth-order valence-corrected chi connectivity index (χ4v) is 3.36. The summed E-state index contributed by atoms with van der Waals surface area (Å²) in [6.45, 7) is 6.74. The summed E-state index contributed by atoms with van der Waals surface area (Å²) in [7, 11) is 0. The van der Waals surface area contributed by atoms with E-state index in [4.69, 9.17) is 0 Å². The van der Waals surface area contributed by atoms with Crippen LogP contribution in [0.15, 0.2) is 6.20 Å². The second-order valence-electron chi connectivity index (χ2n) is 5.33. The molecule has 1 aliphatic carbocycles. The summed E-state index contributed by atoms with van der Waals surface area (Å²) in [5.41, 5.74) is 0. The van der Waals surface area contributed by atoms with E-state index in [1.54, 1.807) is 0 Å². The SMILES string of the molecule is CCc1ncc(CNCC2CCC(C)CC2)s1. The molecule has 1 heterocycles. The molecule has 0 aromatic carbocycles. The standard InChI is InChI=1S/C14H24N2S/c1-3-14-16-10-13(17-14)9-15-8-12-6-4-11(2)5-7-12/h10-12,15H,3-9H2,1-2H3. The fraction of sp³-hybridized carbons (Fsp3) is 0.786. The summed E-state index contributed by atoms with van der Waals surface area (Å²) in [6.07, 6.45) is 8.76. The maximum atomic E-state index is 4.39. The summed E-state index contributed by atoms with van der Waals surface area (Å²) >= 11 is 1.85. The average Bonchev–Trinajstić information content (AvgIpc) is 2.80. The molecule has 96 valence electrons. The number of thiazole rings is 1. The third kappa shape index (κ3) is 4.07. The van der Waals surface area contributed by atoms with Gasteiger partial charge in [0.1, 0.15) is 0 Å². The molecule has 3 heteroatoms. The van der Waals surface area contributed by atoms with E-state index in [0.29, 0.717) is 0 Å². The first-order valence-corrected chi connectivity index (χ1v) is 7.74. The minimum Gasteiger partial charge on any atom is -0.312 e. The van der Waals surface area contributed by atoms with Gasteiger partial charge in [-0.2, -0.15) is 0 Å². The molecule has 2 nitrogen and oxygen atoms in total. The van der Waals surface area contributed by atoms with E-state index in [1.165, 1.54) is 42.1 Å². The van der Waals surface area contributed by atoms with Crippen molar-refractivity contribution in [3.63, 3.8) is 0 Å². The van der Waals surface area contributed by atoms with Crippen molar-refractivity contribution in [2.75, 3.05) is 6.54 Å². The smallest absolute Gasteiger partial charge is 0.0925 e. The predicted octanol–water partition coefficient (Wildman–Crippen LogP) is 3.62. The molecular formula is C14H24N2S. The van der Waals surface area contributed by atoms with Crippen LogP contribution in [-0.4, -0.2) is 11.5 Å². The molecule has 0 atom stereocenters. The zero-order valence-corrected chi connectivity index (χ0v) is 11.9. The first-order valence-electron chi connectivity index (χ1n) is 6.92. The van der Waals surface area contributed by atoms with Crippen LogP contribution >= 0.6 is 11.3 Å². The van der Waals surface area contributed by atoms with Crippen molar-refractivity contribution in [1.82, 2.24) is 10.3 Å². The highest BCUT2D eigenvalue weighted by Crippen LogP contribution is 2.27. The number of nitrogens with zero attached hydrogens (tertiary/aromatic N) is 1. The first kappa shape index (κ1) is 13.0. The highest BCUT2D eigenvalue weighted by atomic mass is 32.1. The van der Waals surface area contributed by atoms with Crippen LogP contribution in [0.3, 0.4) is 0 Å². The molecule has 1 aromatic rings. The summed E-state index contributed by atoms with van der Waals surface area (Å²) in [5.74, 6) is 1.87. The lowest BCUT2D eigenvalue weighted by molar-refractivity contribution is 0.281. The van der Waals surface area contributed by atoms with E-state index in [0.717, 1.165) is 24.8 Å². The van der Waals surface area contributed by atoms with Crippen LogP contribution in [-0.2, 0) is 13.0 Å². The van der Waals surface area contributed by atoms with Crippen LogP contribution in [0.4, 0.5) is 0 Å². The summed E-state index contributed by atoms with van der Waals surface area (Å²) < 4.78 is 0. The van der Waals surface area contributed by atoms with Gasteiger partial charge in [-0.25, -0.2) is 4.98 Å². The minimum absolute atomic E-state index is 0.907. The molecule has 1 aromatic heterocycles. The van der Waals surface area contributed by atoms with Gasteiger partial charge in [-0.15, -0.1) is 11.3 Å². The van der Waals surface area contributed by atoms with Crippen LogP contribution < -0.4 is 5.32 Å². The first-order chi connectivity index (χ1) is 8.28. The van der Waals surface area contributed by atoms with Gasteiger partial charge in [0.25, 0.3) is 0 Å². The molecule has 0 aliphatic heterocycles. The van der Waals surface area contributed by atoms with Gasteiger partial charge in [0.15, 0.2) is 0 Å². The lowest BCUT2D eigenvalue weighted by atomic mass is 9.83. The topological polar surface area (TPSA) is 24.9 Å². The number of aromatic nitrogens is 1. The molecule has 1 fully saturated rings. The predicted molar refractivity (Wildman–Crippen MR) is 74.3 cm³/mol. The quantitative estimate of drug-likeness (QED) is 0.865. The Labute approximate surface area is 109 Å². The monoisotopic (exact) mass is 252 g/mol. The second kappa shape index (κ2) is 6.50. The van der Waals surface area contributed by atoms with Crippen molar-refractivity contribution in [3.05, 3.63) is 16.1 Å². The van der Waals surface area contributed by atoms with Gasteiger partial charge in [-0.05, 0) is 37.6 Å². The molecule has 1 saturated carbocycles. The molecule has 0 spiro atoms. The van der Waals surface area contributed by atoms with Crippen molar-refractivity contribution in [3.8, 4) is 0 Å². The minimum atomic E-state index is 0.907. The molecular weight excluding hydrogens is 228 g/mol. The largest absolute Gasteiger partial charge is 0.312 e. The Hall–Kier alpha value is -0.410. The van der Waals surface area contributed by atoms with Gasteiger partial charge in [-0.3, -0.25) is 0 Å². The van der Waals surface area contributed by atoms with Crippen LogP contribution in [0.1, 0.15) is 49.4 Å². The van der Waals surface area contributed by atoms with Gasteiger partial charge in [0.05, 0.1) is 5.01 Å².